The van der Waals surface area contributed by atoms with Gasteiger partial charge in [-0.3, -0.25) is 14.5 Å². The Labute approximate surface area is 239 Å². The number of anilines is 2. The topological polar surface area (TPSA) is 85.1 Å². The number of amides is 2. The minimum atomic E-state index is -0.232. The molecule has 5 aromatic rings. The summed E-state index contributed by atoms with van der Waals surface area (Å²) in [4.78, 5) is 35.5. The summed E-state index contributed by atoms with van der Waals surface area (Å²) in [6.07, 6.45) is -0.118. The van der Waals surface area contributed by atoms with Crippen molar-refractivity contribution in [2.75, 3.05) is 43.2 Å². The smallest absolute Gasteiger partial charge is 0.270 e. The van der Waals surface area contributed by atoms with Crippen molar-refractivity contribution in [2.45, 2.75) is 12.5 Å². The van der Waals surface area contributed by atoms with Crippen LogP contribution in [-0.4, -0.2) is 50.2 Å². The van der Waals surface area contributed by atoms with Gasteiger partial charge in [0.1, 0.15) is 17.4 Å². The van der Waals surface area contributed by atoms with Crippen LogP contribution in [0.4, 0.5) is 10.8 Å². The molecule has 2 amide bonds. The Morgan fingerprint density at radius 3 is 2.67 bits per heavy atom. The van der Waals surface area contributed by atoms with Crippen LogP contribution in [0, 0.1) is 0 Å². The average Bonchev–Trinajstić information content (AvgIpc) is 3.78. The lowest BCUT2D eigenvalue weighted by Crippen LogP contribution is -2.36. The lowest BCUT2D eigenvalue weighted by molar-refractivity contribution is -0.118. The van der Waals surface area contributed by atoms with Gasteiger partial charge >= 0.3 is 0 Å². The highest BCUT2D eigenvalue weighted by Crippen LogP contribution is 2.33. The molecule has 1 atom stereocenters. The Bertz CT molecular complexity index is 1590. The number of hydrogen-bond donors (Lipinski definition) is 0. The van der Waals surface area contributed by atoms with Crippen LogP contribution in [0.25, 0.3) is 22.4 Å². The molecule has 1 aliphatic rings. The van der Waals surface area contributed by atoms with E-state index < -0.39 is 0 Å². The van der Waals surface area contributed by atoms with Gasteiger partial charge in [-0.2, -0.15) is 0 Å². The third kappa shape index (κ3) is 5.44. The minimum absolute atomic E-state index is 0.115. The maximum absolute atomic E-state index is 13.5. The van der Waals surface area contributed by atoms with Gasteiger partial charge in [-0.15, -0.1) is 22.7 Å². The summed E-state index contributed by atoms with van der Waals surface area (Å²) in [6, 6.07) is 21.0. The number of fused-ring (bicyclic) bond motifs is 1. The van der Waals surface area contributed by atoms with Crippen molar-refractivity contribution in [1.29, 1.82) is 0 Å². The number of thiazole rings is 1. The normalized spacial score (nSPS) is 15.3. The summed E-state index contributed by atoms with van der Waals surface area (Å²) < 4.78 is 17.5. The van der Waals surface area contributed by atoms with Crippen LogP contribution in [0.1, 0.15) is 27.8 Å². The Morgan fingerprint density at radius 2 is 1.88 bits per heavy atom. The fraction of sp³-hybridized carbons (Fsp3) is 0.233. The number of aromatic nitrogens is 1. The molecule has 0 radical (unpaired) electrons. The van der Waals surface area contributed by atoms with E-state index in [1.807, 2.05) is 71.4 Å². The molecular weight excluding hydrogens is 546 g/mol. The molecule has 0 saturated carbocycles. The zero-order valence-electron chi connectivity index (χ0n) is 21.8. The van der Waals surface area contributed by atoms with Gasteiger partial charge in [0.2, 0.25) is 5.91 Å². The Morgan fingerprint density at radius 1 is 1.02 bits per heavy atom. The van der Waals surface area contributed by atoms with Gasteiger partial charge < -0.3 is 18.8 Å². The van der Waals surface area contributed by atoms with Gasteiger partial charge in [0.05, 0.1) is 24.7 Å². The highest BCUT2D eigenvalue weighted by molar-refractivity contribution is 7.14. The number of carbonyl (C=O) groups excluding carboxylic acids is 2. The molecule has 4 heterocycles. The number of furan rings is 1. The first-order chi connectivity index (χ1) is 19.6. The van der Waals surface area contributed by atoms with Crippen LogP contribution in [0.2, 0.25) is 0 Å². The maximum atomic E-state index is 13.5. The molecular formula is C30H27N3O5S2. The predicted molar refractivity (Wildman–Crippen MR) is 157 cm³/mol. The summed E-state index contributed by atoms with van der Waals surface area (Å²) in [5.74, 6) is 0.319. The number of ether oxygens (including phenoxy) is 2. The molecule has 1 saturated heterocycles. The summed E-state index contributed by atoms with van der Waals surface area (Å²) in [7, 11) is 1.75. The van der Waals surface area contributed by atoms with Gasteiger partial charge in [0, 0.05) is 42.0 Å². The van der Waals surface area contributed by atoms with Crippen molar-refractivity contribution in [1.82, 2.24) is 4.98 Å². The molecule has 0 bridgehead atoms. The first-order valence-electron chi connectivity index (χ1n) is 12.9. The second kappa shape index (κ2) is 11.7. The van der Waals surface area contributed by atoms with Crippen LogP contribution < -0.4 is 9.80 Å². The number of carbonyl (C=O) groups is 2. The fourth-order valence-electron chi connectivity index (χ4n) is 4.67. The summed E-state index contributed by atoms with van der Waals surface area (Å²) in [5, 5.41) is 5.23. The summed E-state index contributed by atoms with van der Waals surface area (Å²) >= 11 is 2.71. The second-order valence-electron chi connectivity index (χ2n) is 9.29. The standard InChI is InChI=1S/C30H27N3O5S2/c1-32(23-9-4-3-8-21(23)26-18-36-14-15-37-26)28(34)12-13-33(29(35)27-11-6-16-39-27)30-31-22(19-40-30)25-17-20-7-2-5-10-24(20)38-25/h2-11,16-17,19,26H,12-15,18H2,1H3. The van der Waals surface area contributed by atoms with Crippen molar-refractivity contribution in [3.05, 3.63) is 87.9 Å². The largest absolute Gasteiger partial charge is 0.454 e. The first-order valence-corrected chi connectivity index (χ1v) is 14.7. The van der Waals surface area contributed by atoms with Crippen molar-refractivity contribution in [3.63, 3.8) is 0 Å². The molecule has 0 aliphatic carbocycles. The molecule has 1 unspecified atom stereocenters. The van der Waals surface area contributed by atoms with Crippen molar-refractivity contribution < 1.29 is 23.5 Å². The molecule has 1 fully saturated rings. The van der Waals surface area contributed by atoms with Gasteiger partial charge in [-0.05, 0) is 29.6 Å². The van der Waals surface area contributed by atoms with Crippen LogP contribution in [0.15, 0.2) is 81.9 Å². The lowest BCUT2D eigenvalue weighted by Gasteiger charge is -2.28. The zero-order valence-corrected chi connectivity index (χ0v) is 23.5. The number of thiophene rings is 1. The van der Waals surface area contributed by atoms with E-state index in [1.165, 1.54) is 22.7 Å². The van der Waals surface area contributed by atoms with E-state index in [-0.39, 0.29) is 30.9 Å². The van der Waals surface area contributed by atoms with Crippen molar-refractivity contribution in [2.24, 2.45) is 0 Å². The number of para-hydroxylation sites is 2. The molecule has 0 N–H and O–H groups in total. The monoisotopic (exact) mass is 573 g/mol. The molecule has 1 aliphatic heterocycles. The van der Waals surface area contributed by atoms with E-state index in [0.717, 1.165) is 22.2 Å². The maximum Gasteiger partial charge on any atom is 0.270 e. The molecule has 10 heteroatoms. The van der Waals surface area contributed by atoms with Crippen molar-refractivity contribution >= 4 is 56.3 Å². The van der Waals surface area contributed by atoms with Gasteiger partial charge in [-0.25, -0.2) is 4.98 Å². The molecule has 2 aromatic carbocycles. The molecule has 3 aromatic heterocycles. The van der Waals surface area contributed by atoms with Crippen LogP contribution >= 0.6 is 22.7 Å². The molecule has 6 rings (SSSR count). The molecule has 0 spiro atoms. The Balaban J connectivity index is 1.23. The average molecular weight is 574 g/mol. The van der Waals surface area contributed by atoms with E-state index in [4.69, 9.17) is 18.9 Å². The summed E-state index contributed by atoms with van der Waals surface area (Å²) in [6.45, 7) is 1.70. The van der Waals surface area contributed by atoms with Crippen LogP contribution in [-0.2, 0) is 14.3 Å². The summed E-state index contributed by atoms with van der Waals surface area (Å²) in [5.41, 5.74) is 3.09. The van der Waals surface area contributed by atoms with Crippen molar-refractivity contribution in [3.8, 4) is 11.5 Å². The molecule has 8 nitrogen and oxygen atoms in total. The SMILES string of the molecule is CN(C(=O)CCN(C(=O)c1cccs1)c1nc(-c2cc3ccccc3o2)cs1)c1ccccc1C1COCCO1. The van der Waals surface area contributed by atoms with Crippen LogP contribution in [0.5, 0.6) is 0 Å². The zero-order chi connectivity index (χ0) is 27.5. The van der Waals surface area contributed by atoms with E-state index in [1.54, 1.807) is 22.9 Å². The van der Waals surface area contributed by atoms with E-state index >= 15 is 0 Å². The van der Waals surface area contributed by atoms with E-state index in [0.29, 0.717) is 41.3 Å². The van der Waals surface area contributed by atoms with Gasteiger partial charge in [0.15, 0.2) is 10.9 Å². The third-order valence-corrected chi connectivity index (χ3v) is 8.48. The quantitative estimate of drug-likeness (QED) is 0.213. The number of hydrogen-bond acceptors (Lipinski definition) is 8. The van der Waals surface area contributed by atoms with E-state index in [2.05, 4.69) is 0 Å². The minimum Gasteiger partial charge on any atom is -0.454 e. The predicted octanol–water partition coefficient (Wildman–Crippen LogP) is 6.41. The number of nitrogens with zero attached hydrogens (tertiary/aromatic N) is 3. The third-order valence-electron chi connectivity index (χ3n) is 6.76. The molecule has 40 heavy (non-hydrogen) atoms. The fourth-order valence-corrected chi connectivity index (χ4v) is 6.18. The lowest BCUT2D eigenvalue weighted by atomic mass is 10.1. The highest BCUT2D eigenvalue weighted by Gasteiger charge is 2.26. The Kier molecular flexibility index (Phi) is 7.74. The Hall–Kier alpha value is -3.83. The highest BCUT2D eigenvalue weighted by atomic mass is 32.1. The second-order valence-corrected chi connectivity index (χ2v) is 11.1. The number of rotatable bonds is 8. The van der Waals surface area contributed by atoms with Crippen LogP contribution in [0.3, 0.4) is 0 Å². The van der Waals surface area contributed by atoms with Gasteiger partial charge in [-0.1, -0.05) is 42.5 Å². The van der Waals surface area contributed by atoms with E-state index in [9.17, 15) is 9.59 Å². The van der Waals surface area contributed by atoms with Gasteiger partial charge in [0.25, 0.3) is 5.91 Å². The first kappa shape index (κ1) is 26.4. The number of benzene rings is 2. The molecule has 204 valence electrons.